The van der Waals surface area contributed by atoms with E-state index in [4.69, 9.17) is 4.42 Å². The zero-order chi connectivity index (χ0) is 11.1. The Morgan fingerprint density at radius 3 is 2.56 bits per heavy atom. The molecule has 0 fully saturated rings. The van der Waals surface area contributed by atoms with Crippen molar-refractivity contribution in [1.29, 1.82) is 0 Å². The third-order valence-corrected chi connectivity index (χ3v) is 2.80. The first-order valence-electron chi connectivity index (χ1n) is 5.02. The van der Waals surface area contributed by atoms with E-state index in [0.29, 0.717) is 5.46 Å². The van der Waals surface area contributed by atoms with Gasteiger partial charge in [0.25, 0.3) is 0 Å². The molecule has 2 N–H and O–H groups in total. The summed E-state index contributed by atoms with van der Waals surface area (Å²) in [6.45, 7) is 0. The Morgan fingerprint density at radius 2 is 1.75 bits per heavy atom. The number of furan rings is 1. The molecule has 0 bridgehead atoms. The molecule has 2 aromatic carbocycles. The van der Waals surface area contributed by atoms with Crippen molar-refractivity contribution in [2.24, 2.45) is 0 Å². The molecular weight excluding hydrogens is 203 g/mol. The highest BCUT2D eigenvalue weighted by Crippen LogP contribution is 2.24. The van der Waals surface area contributed by atoms with Crippen LogP contribution in [0.4, 0.5) is 0 Å². The molecule has 3 aromatic rings. The summed E-state index contributed by atoms with van der Waals surface area (Å²) >= 11 is 0. The highest BCUT2D eigenvalue weighted by molar-refractivity contribution is 6.62. The molecule has 0 atom stereocenters. The minimum atomic E-state index is -1.45. The fourth-order valence-electron chi connectivity index (χ4n) is 2.06. The third kappa shape index (κ3) is 1.24. The molecule has 1 heterocycles. The van der Waals surface area contributed by atoms with Gasteiger partial charge in [-0.1, -0.05) is 24.3 Å². The van der Waals surface area contributed by atoms with Crippen molar-refractivity contribution in [3.63, 3.8) is 0 Å². The van der Waals surface area contributed by atoms with Crippen LogP contribution in [-0.4, -0.2) is 17.2 Å². The van der Waals surface area contributed by atoms with E-state index in [9.17, 15) is 10.0 Å². The van der Waals surface area contributed by atoms with Crippen LogP contribution in [0.25, 0.3) is 21.7 Å². The SMILES string of the molecule is OB(O)c1cccc2c1ccc1occc12. The summed E-state index contributed by atoms with van der Waals surface area (Å²) in [6.07, 6.45) is 1.63. The molecule has 0 aliphatic rings. The van der Waals surface area contributed by atoms with Crippen LogP contribution in [0.2, 0.25) is 0 Å². The Kier molecular flexibility index (Phi) is 1.99. The van der Waals surface area contributed by atoms with E-state index in [-0.39, 0.29) is 0 Å². The molecule has 0 saturated heterocycles. The third-order valence-electron chi connectivity index (χ3n) is 2.80. The fourth-order valence-corrected chi connectivity index (χ4v) is 2.06. The zero-order valence-electron chi connectivity index (χ0n) is 8.42. The molecule has 78 valence electrons. The van der Waals surface area contributed by atoms with Gasteiger partial charge >= 0.3 is 7.12 Å². The second-order valence-corrected chi connectivity index (χ2v) is 3.71. The molecule has 3 rings (SSSR count). The van der Waals surface area contributed by atoms with E-state index in [1.54, 1.807) is 12.3 Å². The van der Waals surface area contributed by atoms with Crippen molar-refractivity contribution in [1.82, 2.24) is 0 Å². The Hall–Kier alpha value is -1.78. The minimum Gasteiger partial charge on any atom is -0.464 e. The molecule has 0 radical (unpaired) electrons. The van der Waals surface area contributed by atoms with Crippen molar-refractivity contribution in [2.45, 2.75) is 0 Å². The lowest BCUT2D eigenvalue weighted by molar-refractivity contribution is 0.426. The van der Waals surface area contributed by atoms with Crippen molar-refractivity contribution < 1.29 is 14.5 Å². The standard InChI is InChI=1S/C12H9BO3/c14-13(15)11-3-1-2-8-9(11)4-5-12-10(8)6-7-16-12/h1-7,14-15H. The highest BCUT2D eigenvalue weighted by atomic mass is 16.4. The summed E-state index contributed by atoms with van der Waals surface area (Å²) in [5, 5.41) is 21.3. The quantitative estimate of drug-likeness (QED) is 0.597. The molecule has 0 unspecified atom stereocenters. The highest BCUT2D eigenvalue weighted by Gasteiger charge is 2.15. The molecule has 0 saturated carbocycles. The van der Waals surface area contributed by atoms with Gasteiger partial charge in [-0.15, -0.1) is 0 Å². The lowest BCUT2D eigenvalue weighted by Gasteiger charge is -2.05. The fraction of sp³-hybridized carbons (Fsp3) is 0. The lowest BCUT2D eigenvalue weighted by Crippen LogP contribution is -2.30. The first kappa shape index (κ1) is 9.45. The molecule has 0 aliphatic carbocycles. The Bertz CT molecular complexity index is 657. The van der Waals surface area contributed by atoms with Gasteiger partial charge in [0.05, 0.1) is 6.26 Å². The van der Waals surface area contributed by atoms with Gasteiger partial charge in [0.2, 0.25) is 0 Å². The van der Waals surface area contributed by atoms with Gasteiger partial charge in [-0.25, -0.2) is 0 Å². The van der Waals surface area contributed by atoms with E-state index in [1.807, 2.05) is 30.3 Å². The molecule has 16 heavy (non-hydrogen) atoms. The van der Waals surface area contributed by atoms with E-state index in [1.165, 1.54) is 0 Å². The number of hydrogen-bond acceptors (Lipinski definition) is 3. The second-order valence-electron chi connectivity index (χ2n) is 3.71. The number of hydrogen-bond donors (Lipinski definition) is 2. The molecule has 3 nitrogen and oxygen atoms in total. The van der Waals surface area contributed by atoms with Gasteiger partial charge in [-0.3, -0.25) is 0 Å². The van der Waals surface area contributed by atoms with Gasteiger partial charge in [-0.2, -0.15) is 0 Å². The van der Waals surface area contributed by atoms with Crippen LogP contribution in [0, 0.1) is 0 Å². The summed E-state index contributed by atoms with van der Waals surface area (Å²) in [4.78, 5) is 0. The van der Waals surface area contributed by atoms with Crippen molar-refractivity contribution >= 4 is 34.3 Å². The van der Waals surface area contributed by atoms with Gasteiger partial charge in [0, 0.05) is 5.39 Å². The molecule has 0 aliphatic heterocycles. The van der Waals surface area contributed by atoms with E-state index in [2.05, 4.69) is 0 Å². The normalized spacial score (nSPS) is 11.1. The lowest BCUT2D eigenvalue weighted by atomic mass is 9.77. The van der Waals surface area contributed by atoms with Crippen LogP contribution in [0.3, 0.4) is 0 Å². The second kappa shape index (κ2) is 3.37. The van der Waals surface area contributed by atoms with Gasteiger partial charge in [0.1, 0.15) is 5.58 Å². The summed E-state index contributed by atoms with van der Waals surface area (Å²) in [6, 6.07) is 11.0. The Balaban J connectivity index is 2.49. The predicted octanol–water partition coefficient (Wildman–Crippen LogP) is 1.27. The topological polar surface area (TPSA) is 53.6 Å². The van der Waals surface area contributed by atoms with Gasteiger partial charge in [-0.05, 0) is 28.4 Å². The largest absolute Gasteiger partial charge is 0.489 e. The van der Waals surface area contributed by atoms with Crippen LogP contribution < -0.4 is 5.46 Å². The average molecular weight is 212 g/mol. The maximum atomic E-state index is 9.28. The number of fused-ring (bicyclic) bond motifs is 3. The maximum Gasteiger partial charge on any atom is 0.489 e. The van der Waals surface area contributed by atoms with E-state index in [0.717, 1.165) is 21.7 Å². The Labute approximate surface area is 92.1 Å². The molecule has 1 aromatic heterocycles. The minimum absolute atomic E-state index is 0.514. The Morgan fingerprint density at radius 1 is 0.875 bits per heavy atom. The van der Waals surface area contributed by atoms with Crippen LogP contribution in [0.15, 0.2) is 47.1 Å². The molecule has 4 heteroatoms. The maximum absolute atomic E-state index is 9.28. The smallest absolute Gasteiger partial charge is 0.464 e. The number of benzene rings is 2. The molecule has 0 amide bonds. The summed E-state index contributed by atoms with van der Waals surface area (Å²) in [5.41, 5.74) is 1.32. The number of rotatable bonds is 1. The van der Waals surface area contributed by atoms with Crippen molar-refractivity contribution in [3.05, 3.63) is 42.7 Å². The first-order valence-corrected chi connectivity index (χ1v) is 5.02. The average Bonchev–Trinajstić information content (AvgIpc) is 2.76. The van der Waals surface area contributed by atoms with Crippen LogP contribution in [0.1, 0.15) is 0 Å². The summed E-state index contributed by atoms with van der Waals surface area (Å²) < 4.78 is 5.30. The zero-order valence-corrected chi connectivity index (χ0v) is 8.42. The van der Waals surface area contributed by atoms with E-state index < -0.39 is 7.12 Å². The van der Waals surface area contributed by atoms with Crippen LogP contribution in [0.5, 0.6) is 0 Å². The summed E-state index contributed by atoms with van der Waals surface area (Å²) in [7, 11) is -1.45. The molecule has 0 spiro atoms. The van der Waals surface area contributed by atoms with Crippen LogP contribution >= 0.6 is 0 Å². The monoisotopic (exact) mass is 212 g/mol. The summed E-state index contributed by atoms with van der Waals surface area (Å²) in [5.74, 6) is 0. The van der Waals surface area contributed by atoms with Crippen molar-refractivity contribution in [3.8, 4) is 0 Å². The van der Waals surface area contributed by atoms with Crippen molar-refractivity contribution in [2.75, 3.05) is 0 Å². The van der Waals surface area contributed by atoms with Gasteiger partial charge in [0.15, 0.2) is 0 Å². The van der Waals surface area contributed by atoms with Gasteiger partial charge < -0.3 is 14.5 Å². The van der Waals surface area contributed by atoms with Crippen LogP contribution in [-0.2, 0) is 0 Å². The molecular formula is C12H9BO3. The predicted molar refractivity (Wildman–Crippen MR) is 63.5 cm³/mol. The first-order chi connectivity index (χ1) is 7.77. The van der Waals surface area contributed by atoms with E-state index >= 15 is 0 Å².